The molecule has 0 unspecified atom stereocenters. The molecule has 1 aromatic rings. The molecule has 0 saturated carbocycles. The van der Waals surface area contributed by atoms with Crippen molar-refractivity contribution in [2.45, 2.75) is 38.6 Å². The average Bonchev–Trinajstić information content (AvgIpc) is 2.70. The van der Waals surface area contributed by atoms with Crippen LogP contribution in [-0.4, -0.2) is 47.0 Å². The number of amides is 1. The van der Waals surface area contributed by atoms with Gasteiger partial charge in [0, 0.05) is 0 Å². The molecule has 2 atom stereocenters. The predicted molar refractivity (Wildman–Crippen MR) is 74.7 cm³/mol. The van der Waals surface area contributed by atoms with Crippen molar-refractivity contribution in [2.24, 2.45) is 0 Å². The predicted octanol–water partition coefficient (Wildman–Crippen LogP) is 2.05. The van der Waals surface area contributed by atoms with Crippen molar-refractivity contribution in [2.75, 3.05) is 13.1 Å². The minimum atomic E-state index is -0.706. The quantitative estimate of drug-likeness (QED) is 0.900. The number of para-hydroxylation sites is 1. The molecule has 0 bridgehead atoms. The van der Waals surface area contributed by atoms with Crippen LogP contribution in [0.4, 0.5) is 4.79 Å². The van der Waals surface area contributed by atoms with Crippen molar-refractivity contribution in [3.63, 3.8) is 0 Å². The smallest absolute Gasteiger partial charge is 0.410 e. The summed E-state index contributed by atoms with van der Waals surface area (Å²) >= 11 is 0. The van der Waals surface area contributed by atoms with Gasteiger partial charge in [0.25, 0.3) is 0 Å². The highest BCUT2D eigenvalue weighted by molar-refractivity contribution is 5.68. The molecule has 1 aliphatic rings. The Labute approximate surface area is 119 Å². The van der Waals surface area contributed by atoms with Gasteiger partial charge in [-0.1, -0.05) is 18.2 Å². The lowest BCUT2D eigenvalue weighted by Crippen LogP contribution is -2.36. The Balaban J connectivity index is 1.94. The van der Waals surface area contributed by atoms with E-state index in [-0.39, 0.29) is 6.54 Å². The van der Waals surface area contributed by atoms with E-state index in [1.807, 2.05) is 51.1 Å². The molecule has 20 heavy (non-hydrogen) atoms. The number of carbonyl (C=O) groups excluding carboxylic acids is 1. The maximum atomic E-state index is 11.9. The second-order valence-corrected chi connectivity index (χ2v) is 5.92. The van der Waals surface area contributed by atoms with Gasteiger partial charge in [-0.05, 0) is 32.9 Å². The summed E-state index contributed by atoms with van der Waals surface area (Å²) in [6.07, 6.45) is -1.55. The third-order valence-corrected chi connectivity index (χ3v) is 2.92. The first kappa shape index (κ1) is 14.7. The monoisotopic (exact) mass is 279 g/mol. The molecule has 110 valence electrons. The van der Waals surface area contributed by atoms with Gasteiger partial charge < -0.3 is 19.5 Å². The molecule has 1 fully saturated rings. The molecule has 5 heteroatoms. The van der Waals surface area contributed by atoms with E-state index in [0.717, 1.165) is 0 Å². The molecule has 0 radical (unpaired) electrons. The Kier molecular flexibility index (Phi) is 4.18. The standard InChI is InChI=1S/C15H21NO4/c1-15(2,3)20-14(18)16-9-12(17)13(10-16)19-11-7-5-4-6-8-11/h4-8,12-13,17H,9-10H2,1-3H3/t12-,13-/m0/s1. The van der Waals surface area contributed by atoms with Crippen molar-refractivity contribution in [1.82, 2.24) is 4.90 Å². The fourth-order valence-electron chi connectivity index (χ4n) is 2.02. The molecule has 5 nitrogen and oxygen atoms in total. The van der Waals surface area contributed by atoms with Gasteiger partial charge in [0.1, 0.15) is 23.6 Å². The summed E-state index contributed by atoms with van der Waals surface area (Å²) in [7, 11) is 0. The van der Waals surface area contributed by atoms with Gasteiger partial charge in [-0.3, -0.25) is 0 Å². The van der Waals surface area contributed by atoms with Crippen molar-refractivity contribution >= 4 is 6.09 Å². The van der Waals surface area contributed by atoms with Crippen LogP contribution in [0.5, 0.6) is 5.75 Å². The molecule has 0 aliphatic carbocycles. The fraction of sp³-hybridized carbons (Fsp3) is 0.533. The van der Waals surface area contributed by atoms with Gasteiger partial charge in [-0.15, -0.1) is 0 Å². The van der Waals surface area contributed by atoms with E-state index < -0.39 is 23.9 Å². The van der Waals surface area contributed by atoms with E-state index in [0.29, 0.717) is 12.3 Å². The van der Waals surface area contributed by atoms with E-state index in [2.05, 4.69) is 0 Å². The number of aliphatic hydroxyl groups excluding tert-OH is 1. The summed E-state index contributed by atoms with van der Waals surface area (Å²) in [5.74, 6) is 0.683. The van der Waals surface area contributed by atoms with Crippen molar-refractivity contribution in [1.29, 1.82) is 0 Å². The lowest BCUT2D eigenvalue weighted by atomic mass is 10.2. The Hall–Kier alpha value is -1.75. The summed E-state index contributed by atoms with van der Waals surface area (Å²) < 4.78 is 11.0. The molecule has 0 aromatic heterocycles. The summed E-state index contributed by atoms with van der Waals surface area (Å²) in [5, 5.41) is 9.99. The fourth-order valence-corrected chi connectivity index (χ4v) is 2.02. The SMILES string of the molecule is CC(C)(C)OC(=O)N1C[C@H](Oc2ccccc2)[C@@H](O)C1. The first-order valence-corrected chi connectivity index (χ1v) is 6.73. The minimum absolute atomic E-state index is 0.229. The number of nitrogens with zero attached hydrogens (tertiary/aromatic N) is 1. The van der Waals surface area contributed by atoms with Gasteiger partial charge in [-0.25, -0.2) is 4.79 Å². The number of hydrogen-bond donors (Lipinski definition) is 1. The van der Waals surface area contributed by atoms with Gasteiger partial charge in [0.05, 0.1) is 13.1 Å². The van der Waals surface area contributed by atoms with E-state index in [1.165, 1.54) is 4.90 Å². The number of β-amino-alcohol motifs (C(OH)–C–C–N with tert-alkyl or cyclic N) is 1. The molecule has 1 N–H and O–H groups in total. The second kappa shape index (κ2) is 5.71. The Bertz CT molecular complexity index is 455. The molecule has 1 heterocycles. The van der Waals surface area contributed by atoms with Crippen LogP contribution in [-0.2, 0) is 4.74 Å². The summed E-state index contributed by atoms with van der Waals surface area (Å²) in [4.78, 5) is 13.4. The zero-order chi connectivity index (χ0) is 14.8. The van der Waals surface area contributed by atoms with Crippen LogP contribution < -0.4 is 4.74 Å². The maximum Gasteiger partial charge on any atom is 0.410 e. The topological polar surface area (TPSA) is 59.0 Å². The lowest BCUT2D eigenvalue weighted by Gasteiger charge is -2.24. The van der Waals surface area contributed by atoms with Crippen LogP contribution in [0, 0.1) is 0 Å². The molecular formula is C15H21NO4. The highest BCUT2D eigenvalue weighted by Gasteiger charge is 2.37. The summed E-state index contributed by atoms with van der Waals surface area (Å²) in [6.45, 7) is 6.00. The second-order valence-electron chi connectivity index (χ2n) is 5.92. The summed E-state index contributed by atoms with van der Waals surface area (Å²) in [6, 6.07) is 9.27. The normalized spacial score (nSPS) is 22.7. The highest BCUT2D eigenvalue weighted by Crippen LogP contribution is 2.20. The summed E-state index contributed by atoms with van der Waals surface area (Å²) in [5.41, 5.74) is -0.541. The number of carbonyl (C=O) groups is 1. The number of hydrogen-bond acceptors (Lipinski definition) is 4. The van der Waals surface area contributed by atoms with Gasteiger partial charge in [0.2, 0.25) is 0 Å². The van der Waals surface area contributed by atoms with E-state index in [4.69, 9.17) is 9.47 Å². The Morgan fingerprint density at radius 2 is 1.90 bits per heavy atom. The van der Waals surface area contributed by atoms with Crippen molar-refractivity contribution in [3.8, 4) is 5.75 Å². The molecule has 2 rings (SSSR count). The van der Waals surface area contributed by atoms with Crippen LogP contribution in [0.25, 0.3) is 0 Å². The maximum absolute atomic E-state index is 11.9. The molecule has 1 aromatic carbocycles. The Morgan fingerprint density at radius 3 is 2.50 bits per heavy atom. The van der Waals surface area contributed by atoms with E-state index in [1.54, 1.807) is 0 Å². The molecule has 1 aliphatic heterocycles. The van der Waals surface area contributed by atoms with E-state index in [9.17, 15) is 9.90 Å². The van der Waals surface area contributed by atoms with E-state index >= 15 is 0 Å². The first-order valence-electron chi connectivity index (χ1n) is 6.73. The minimum Gasteiger partial charge on any atom is -0.486 e. The number of ether oxygens (including phenoxy) is 2. The van der Waals surface area contributed by atoms with Crippen LogP contribution in [0.2, 0.25) is 0 Å². The van der Waals surface area contributed by atoms with Crippen molar-refractivity contribution in [3.05, 3.63) is 30.3 Å². The van der Waals surface area contributed by atoms with Crippen LogP contribution in [0.1, 0.15) is 20.8 Å². The van der Waals surface area contributed by atoms with Crippen LogP contribution >= 0.6 is 0 Å². The van der Waals surface area contributed by atoms with Gasteiger partial charge >= 0.3 is 6.09 Å². The zero-order valence-electron chi connectivity index (χ0n) is 12.1. The average molecular weight is 279 g/mol. The van der Waals surface area contributed by atoms with Gasteiger partial charge in [-0.2, -0.15) is 0 Å². The Morgan fingerprint density at radius 1 is 1.25 bits per heavy atom. The third kappa shape index (κ3) is 3.87. The highest BCUT2D eigenvalue weighted by atomic mass is 16.6. The molecule has 1 amide bonds. The van der Waals surface area contributed by atoms with Crippen LogP contribution in [0.15, 0.2) is 30.3 Å². The van der Waals surface area contributed by atoms with Gasteiger partial charge in [0.15, 0.2) is 0 Å². The largest absolute Gasteiger partial charge is 0.486 e. The number of aliphatic hydroxyl groups is 1. The lowest BCUT2D eigenvalue weighted by molar-refractivity contribution is 0.0268. The zero-order valence-corrected chi connectivity index (χ0v) is 12.1. The third-order valence-electron chi connectivity index (χ3n) is 2.92. The molecular weight excluding hydrogens is 258 g/mol. The van der Waals surface area contributed by atoms with Crippen molar-refractivity contribution < 1.29 is 19.4 Å². The molecule has 1 saturated heterocycles. The molecule has 0 spiro atoms. The number of rotatable bonds is 2. The number of benzene rings is 1. The first-order chi connectivity index (χ1) is 9.35. The van der Waals surface area contributed by atoms with Crippen LogP contribution in [0.3, 0.4) is 0 Å². The number of likely N-dealkylation sites (tertiary alicyclic amines) is 1.